The van der Waals surface area contributed by atoms with Crippen LogP contribution in [0.2, 0.25) is 5.02 Å². The van der Waals surface area contributed by atoms with Gasteiger partial charge < -0.3 is 29.6 Å². The predicted molar refractivity (Wildman–Crippen MR) is 145 cm³/mol. The van der Waals surface area contributed by atoms with E-state index in [0.29, 0.717) is 55.3 Å². The molecular formula is C27H28ClF2N5O5. The highest BCUT2D eigenvalue weighted by atomic mass is 35.5. The van der Waals surface area contributed by atoms with Gasteiger partial charge in [-0.15, -0.1) is 0 Å². The SMILES string of the molecule is COCCOc1cc2ncnc(Nc3ccc(F)c(Cl)c3)c2cc1NC(=O)/C(F)=C/CN1C[C@@H]2OCCO[C@@H]2C1. The number of fused-ring (bicyclic) bond motifs is 2. The first-order chi connectivity index (χ1) is 19.4. The van der Waals surface area contributed by atoms with Crippen LogP contribution in [0.25, 0.3) is 10.9 Å². The van der Waals surface area contributed by atoms with Crippen LogP contribution in [0.3, 0.4) is 0 Å². The summed E-state index contributed by atoms with van der Waals surface area (Å²) in [5, 5.41) is 6.11. The van der Waals surface area contributed by atoms with Crippen LogP contribution in [0.1, 0.15) is 0 Å². The molecule has 0 spiro atoms. The molecule has 2 saturated heterocycles. The first-order valence-corrected chi connectivity index (χ1v) is 13.0. The van der Waals surface area contributed by atoms with Crippen molar-refractivity contribution in [3.63, 3.8) is 0 Å². The van der Waals surface area contributed by atoms with E-state index in [4.69, 9.17) is 30.5 Å². The number of halogens is 3. The van der Waals surface area contributed by atoms with Crippen LogP contribution in [-0.2, 0) is 19.0 Å². The molecule has 10 nitrogen and oxygen atoms in total. The van der Waals surface area contributed by atoms with Crippen molar-refractivity contribution in [1.29, 1.82) is 0 Å². The highest BCUT2D eigenvalue weighted by Gasteiger charge is 2.36. The van der Waals surface area contributed by atoms with Crippen molar-refractivity contribution in [2.45, 2.75) is 12.2 Å². The highest BCUT2D eigenvalue weighted by Crippen LogP contribution is 2.34. The second kappa shape index (κ2) is 12.8. The lowest BCUT2D eigenvalue weighted by atomic mass is 10.1. The van der Waals surface area contributed by atoms with Crippen LogP contribution < -0.4 is 15.4 Å². The fourth-order valence-corrected chi connectivity index (χ4v) is 4.70. The minimum atomic E-state index is -0.941. The van der Waals surface area contributed by atoms with Gasteiger partial charge in [-0.25, -0.2) is 18.7 Å². The molecule has 3 aromatic rings. The Kier molecular flexibility index (Phi) is 9.02. The normalized spacial score (nSPS) is 19.4. The second-order valence-electron chi connectivity index (χ2n) is 9.23. The number of anilines is 3. The van der Waals surface area contributed by atoms with Crippen molar-refractivity contribution in [3.05, 3.63) is 59.4 Å². The third-order valence-corrected chi connectivity index (χ3v) is 6.79. The van der Waals surface area contributed by atoms with Gasteiger partial charge in [-0.1, -0.05) is 11.6 Å². The van der Waals surface area contributed by atoms with Crippen LogP contribution in [-0.4, -0.2) is 86.2 Å². The molecule has 2 atom stereocenters. The van der Waals surface area contributed by atoms with Crippen molar-refractivity contribution < 1.29 is 32.5 Å². The van der Waals surface area contributed by atoms with Crippen LogP contribution in [0.15, 0.2) is 48.6 Å². The van der Waals surface area contributed by atoms with E-state index in [1.54, 1.807) is 12.1 Å². The number of likely N-dealkylation sites (tertiary alicyclic amines) is 1. The van der Waals surface area contributed by atoms with Gasteiger partial charge in [0, 0.05) is 43.9 Å². The largest absolute Gasteiger partial charge is 0.489 e. The average Bonchev–Trinajstić information content (AvgIpc) is 3.37. The predicted octanol–water partition coefficient (Wildman–Crippen LogP) is 4.08. The van der Waals surface area contributed by atoms with Gasteiger partial charge in [0.1, 0.15) is 30.3 Å². The van der Waals surface area contributed by atoms with Gasteiger partial charge in [0.05, 0.1) is 48.3 Å². The number of hydrogen-bond acceptors (Lipinski definition) is 9. The van der Waals surface area contributed by atoms with E-state index in [1.165, 1.54) is 37.7 Å². The fourth-order valence-electron chi connectivity index (χ4n) is 4.52. The monoisotopic (exact) mass is 575 g/mol. The van der Waals surface area contributed by atoms with Gasteiger partial charge in [-0.2, -0.15) is 0 Å². The molecule has 0 radical (unpaired) electrons. The van der Waals surface area contributed by atoms with Crippen molar-refractivity contribution in [3.8, 4) is 5.75 Å². The third-order valence-electron chi connectivity index (χ3n) is 6.50. The lowest BCUT2D eigenvalue weighted by Crippen LogP contribution is -2.36. The van der Waals surface area contributed by atoms with E-state index >= 15 is 0 Å². The number of nitrogens with zero attached hydrogens (tertiary/aromatic N) is 3. The summed E-state index contributed by atoms with van der Waals surface area (Å²) < 4.78 is 50.8. The molecule has 0 saturated carbocycles. The van der Waals surface area contributed by atoms with E-state index in [1.807, 2.05) is 4.90 Å². The van der Waals surface area contributed by atoms with E-state index in [0.717, 1.165) is 0 Å². The van der Waals surface area contributed by atoms with E-state index in [9.17, 15) is 13.6 Å². The smallest absolute Gasteiger partial charge is 0.284 e. The summed E-state index contributed by atoms with van der Waals surface area (Å²) in [6, 6.07) is 7.35. The molecule has 13 heteroatoms. The van der Waals surface area contributed by atoms with Crippen molar-refractivity contribution >= 4 is 45.6 Å². The molecule has 40 heavy (non-hydrogen) atoms. The summed E-state index contributed by atoms with van der Waals surface area (Å²) in [6.07, 6.45) is 2.49. The number of benzene rings is 2. The molecule has 2 aromatic carbocycles. The molecule has 2 aliphatic rings. The molecule has 0 unspecified atom stereocenters. The summed E-state index contributed by atoms with van der Waals surface area (Å²) in [4.78, 5) is 23.4. The van der Waals surface area contributed by atoms with Gasteiger partial charge in [0.2, 0.25) is 0 Å². The summed E-state index contributed by atoms with van der Waals surface area (Å²) in [7, 11) is 1.53. The number of amides is 1. The first-order valence-electron chi connectivity index (χ1n) is 12.7. The molecule has 212 valence electrons. The van der Waals surface area contributed by atoms with E-state index in [-0.39, 0.29) is 41.8 Å². The summed E-state index contributed by atoms with van der Waals surface area (Å²) >= 11 is 5.91. The third kappa shape index (κ3) is 6.65. The number of aromatic nitrogens is 2. The maximum Gasteiger partial charge on any atom is 0.284 e. The molecule has 0 bridgehead atoms. The van der Waals surface area contributed by atoms with Crippen LogP contribution in [0.4, 0.5) is 26.0 Å². The van der Waals surface area contributed by atoms with Crippen molar-refractivity contribution in [2.75, 3.05) is 63.8 Å². The summed E-state index contributed by atoms with van der Waals surface area (Å²) in [5.41, 5.74) is 1.19. The average molecular weight is 576 g/mol. The number of ether oxygens (including phenoxy) is 4. The summed E-state index contributed by atoms with van der Waals surface area (Å²) in [6.45, 7) is 3.02. The Morgan fingerprint density at radius 1 is 1.18 bits per heavy atom. The number of carbonyl (C=O) groups excluding carboxylic acids is 1. The molecule has 2 N–H and O–H groups in total. The standard InChI is InChI=1S/C27H28ClF2N5O5/c1-37-6-7-38-23-12-21-17(26(32-15-31-21)33-16-2-3-19(29)18(28)10-16)11-22(23)34-27(36)20(30)4-5-35-13-24-25(14-35)40-9-8-39-24/h2-4,10-12,15,24-25H,5-9,13-14H2,1H3,(H,34,36)(H,31,32,33)/b20-4-/t24-,25+. The Labute approximate surface area is 234 Å². The Balaban J connectivity index is 1.36. The topological polar surface area (TPSA) is 107 Å². The van der Waals surface area contributed by atoms with E-state index in [2.05, 4.69) is 20.6 Å². The Morgan fingerprint density at radius 2 is 1.95 bits per heavy atom. The van der Waals surface area contributed by atoms with Crippen LogP contribution in [0.5, 0.6) is 5.75 Å². The van der Waals surface area contributed by atoms with Gasteiger partial charge in [0.25, 0.3) is 5.91 Å². The van der Waals surface area contributed by atoms with Crippen LogP contribution >= 0.6 is 11.6 Å². The maximum absolute atomic E-state index is 14.9. The maximum atomic E-state index is 14.9. The molecule has 0 aliphatic carbocycles. The lowest BCUT2D eigenvalue weighted by molar-refractivity contribution is -0.116. The van der Waals surface area contributed by atoms with Gasteiger partial charge in [-0.3, -0.25) is 9.69 Å². The molecule has 3 heterocycles. The summed E-state index contributed by atoms with van der Waals surface area (Å²) in [5.74, 6) is -1.79. The number of methoxy groups -OCH3 is 1. The number of carbonyl (C=O) groups is 1. The Hall–Kier alpha value is -3.42. The highest BCUT2D eigenvalue weighted by molar-refractivity contribution is 6.31. The molecule has 1 aromatic heterocycles. The fraction of sp³-hybridized carbons (Fsp3) is 0.370. The number of rotatable bonds is 10. The minimum Gasteiger partial charge on any atom is -0.489 e. The molecule has 2 aliphatic heterocycles. The van der Waals surface area contributed by atoms with Crippen LogP contribution in [0, 0.1) is 5.82 Å². The number of nitrogens with one attached hydrogen (secondary N) is 2. The molecular weight excluding hydrogens is 548 g/mol. The first kappa shape index (κ1) is 28.1. The van der Waals surface area contributed by atoms with Crippen molar-refractivity contribution in [1.82, 2.24) is 14.9 Å². The minimum absolute atomic E-state index is 0.0422. The quantitative estimate of drug-likeness (QED) is 0.273. The number of hydrogen-bond donors (Lipinski definition) is 2. The molecule has 5 rings (SSSR count). The zero-order chi connectivity index (χ0) is 28.1. The van der Waals surface area contributed by atoms with E-state index < -0.39 is 17.6 Å². The molecule has 2 fully saturated rings. The zero-order valence-corrected chi connectivity index (χ0v) is 22.4. The lowest BCUT2D eigenvalue weighted by Gasteiger charge is -2.24. The Bertz CT molecular complexity index is 1400. The van der Waals surface area contributed by atoms with Crippen molar-refractivity contribution in [2.24, 2.45) is 0 Å². The second-order valence-corrected chi connectivity index (χ2v) is 9.63. The van der Waals surface area contributed by atoms with Gasteiger partial charge in [-0.05, 0) is 30.3 Å². The molecule has 1 amide bonds. The zero-order valence-electron chi connectivity index (χ0n) is 21.7. The van der Waals surface area contributed by atoms with Gasteiger partial charge >= 0.3 is 0 Å². The van der Waals surface area contributed by atoms with Gasteiger partial charge in [0.15, 0.2) is 5.83 Å². The Morgan fingerprint density at radius 3 is 2.67 bits per heavy atom.